The summed E-state index contributed by atoms with van der Waals surface area (Å²) in [4.78, 5) is 9.07. The van der Waals surface area contributed by atoms with Crippen LogP contribution >= 0.6 is 0 Å². The molecule has 0 radical (unpaired) electrons. The van der Waals surface area contributed by atoms with Crippen molar-refractivity contribution in [2.75, 3.05) is 18.4 Å². The Bertz CT molecular complexity index is 1150. The Kier molecular flexibility index (Phi) is 6.24. The van der Waals surface area contributed by atoms with Crippen molar-refractivity contribution in [3.63, 3.8) is 0 Å². The van der Waals surface area contributed by atoms with Gasteiger partial charge in [-0.25, -0.2) is 14.4 Å². The molecule has 1 saturated heterocycles. The van der Waals surface area contributed by atoms with Gasteiger partial charge in [0.2, 0.25) is 5.95 Å². The SMILES string of the molecule is Fc1ccc(-c2n[nH]c(C3CCNCC3)c2-c2ccnc(NC3CCCC3)n2)cc1C(F)(F)F. The average Bonchev–Trinajstić information content (AvgIpc) is 3.49. The lowest BCUT2D eigenvalue weighted by Crippen LogP contribution is -2.27. The smallest absolute Gasteiger partial charge is 0.351 e. The Balaban J connectivity index is 1.60. The number of piperidine rings is 1. The van der Waals surface area contributed by atoms with Crippen LogP contribution in [0.5, 0.6) is 0 Å². The zero-order valence-electron chi connectivity index (χ0n) is 18.6. The molecule has 1 saturated carbocycles. The fourth-order valence-corrected chi connectivity index (χ4v) is 4.94. The number of alkyl halides is 3. The first kappa shape index (κ1) is 22.8. The molecule has 1 aliphatic carbocycles. The van der Waals surface area contributed by atoms with Gasteiger partial charge in [-0.15, -0.1) is 0 Å². The molecule has 3 aromatic rings. The predicted molar refractivity (Wildman–Crippen MR) is 121 cm³/mol. The molecule has 2 aliphatic rings. The third-order valence-corrected chi connectivity index (χ3v) is 6.69. The number of aromatic nitrogens is 4. The molecule has 2 aromatic heterocycles. The van der Waals surface area contributed by atoms with Gasteiger partial charge in [0, 0.05) is 35.0 Å². The molecule has 0 atom stereocenters. The zero-order chi connectivity index (χ0) is 23.7. The molecule has 1 aliphatic heterocycles. The summed E-state index contributed by atoms with van der Waals surface area (Å²) in [6.07, 6.45) is 3.01. The van der Waals surface area contributed by atoms with E-state index < -0.39 is 17.6 Å². The molecule has 5 rings (SSSR count). The average molecular weight is 475 g/mol. The number of benzene rings is 1. The maximum Gasteiger partial charge on any atom is 0.419 e. The van der Waals surface area contributed by atoms with Crippen LogP contribution in [-0.4, -0.2) is 39.3 Å². The van der Waals surface area contributed by atoms with Gasteiger partial charge in [0.15, 0.2) is 0 Å². The normalized spacial score (nSPS) is 17.9. The quantitative estimate of drug-likeness (QED) is 0.425. The van der Waals surface area contributed by atoms with Crippen molar-refractivity contribution >= 4 is 5.95 Å². The van der Waals surface area contributed by atoms with Crippen LogP contribution in [0.2, 0.25) is 0 Å². The highest BCUT2D eigenvalue weighted by Crippen LogP contribution is 2.40. The van der Waals surface area contributed by atoms with Crippen molar-refractivity contribution in [3.8, 4) is 22.5 Å². The Morgan fingerprint density at radius 1 is 1.00 bits per heavy atom. The number of H-pyrrole nitrogens is 1. The van der Waals surface area contributed by atoms with Crippen LogP contribution in [0.4, 0.5) is 23.5 Å². The van der Waals surface area contributed by atoms with Crippen LogP contribution < -0.4 is 10.6 Å². The highest BCUT2D eigenvalue weighted by molar-refractivity contribution is 5.82. The van der Waals surface area contributed by atoms with E-state index in [0.717, 1.165) is 69.4 Å². The molecule has 3 heterocycles. The second kappa shape index (κ2) is 9.32. The van der Waals surface area contributed by atoms with Crippen molar-refractivity contribution in [1.82, 2.24) is 25.5 Å². The topological polar surface area (TPSA) is 78.5 Å². The highest BCUT2D eigenvalue weighted by atomic mass is 19.4. The largest absolute Gasteiger partial charge is 0.419 e. The van der Waals surface area contributed by atoms with Gasteiger partial charge in [-0.1, -0.05) is 12.8 Å². The molecule has 0 unspecified atom stereocenters. The first-order valence-electron chi connectivity index (χ1n) is 11.7. The monoisotopic (exact) mass is 474 g/mol. The molecule has 3 N–H and O–H groups in total. The Hall–Kier alpha value is -3.01. The van der Waals surface area contributed by atoms with Crippen LogP contribution in [0.1, 0.15) is 55.7 Å². The fourth-order valence-electron chi connectivity index (χ4n) is 4.94. The minimum Gasteiger partial charge on any atom is -0.351 e. The number of nitrogens with zero attached hydrogens (tertiary/aromatic N) is 3. The zero-order valence-corrected chi connectivity index (χ0v) is 18.6. The summed E-state index contributed by atoms with van der Waals surface area (Å²) in [5.41, 5.74) is 1.25. The van der Waals surface area contributed by atoms with E-state index >= 15 is 0 Å². The number of aromatic amines is 1. The third-order valence-electron chi connectivity index (χ3n) is 6.69. The lowest BCUT2D eigenvalue weighted by Gasteiger charge is -2.22. The van der Waals surface area contributed by atoms with Crippen LogP contribution in [0.25, 0.3) is 22.5 Å². The molecule has 10 heteroatoms. The molecule has 180 valence electrons. The van der Waals surface area contributed by atoms with Gasteiger partial charge in [0.25, 0.3) is 0 Å². The van der Waals surface area contributed by atoms with Gasteiger partial charge in [0.05, 0.1) is 11.3 Å². The van der Waals surface area contributed by atoms with Crippen LogP contribution in [0.3, 0.4) is 0 Å². The van der Waals surface area contributed by atoms with Gasteiger partial charge < -0.3 is 10.6 Å². The van der Waals surface area contributed by atoms with Crippen LogP contribution in [0, 0.1) is 5.82 Å². The minimum atomic E-state index is -4.80. The van der Waals surface area contributed by atoms with E-state index in [2.05, 4.69) is 25.8 Å². The minimum absolute atomic E-state index is 0.154. The summed E-state index contributed by atoms with van der Waals surface area (Å²) in [6.45, 7) is 1.68. The van der Waals surface area contributed by atoms with Crippen molar-refractivity contribution in [2.24, 2.45) is 0 Å². The molecular formula is C24H26F4N6. The standard InChI is InChI=1S/C24H26F4N6/c25-18-6-5-15(13-17(18)24(26,27)28)22-20(21(33-34-22)14-7-10-29-11-8-14)19-9-12-30-23(32-19)31-16-3-1-2-4-16/h5-6,9,12-14,16,29H,1-4,7-8,10-11H2,(H,33,34)(H,30,31,32). The second-order valence-corrected chi connectivity index (χ2v) is 8.97. The highest BCUT2D eigenvalue weighted by Gasteiger charge is 2.35. The Morgan fingerprint density at radius 3 is 2.50 bits per heavy atom. The molecule has 0 spiro atoms. The Morgan fingerprint density at radius 2 is 1.76 bits per heavy atom. The van der Waals surface area contributed by atoms with E-state index in [9.17, 15) is 17.6 Å². The van der Waals surface area contributed by atoms with Crippen LogP contribution in [-0.2, 0) is 6.18 Å². The molecule has 1 aromatic carbocycles. The molecular weight excluding hydrogens is 448 g/mol. The first-order chi connectivity index (χ1) is 16.4. The summed E-state index contributed by atoms with van der Waals surface area (Å²) in [5.74, 6) is -0.666. The van der Waals surface area contributed by atoms with E-state index in [1.165, 1.54) is 6.07 Å². The molecule has 0 bridgehead atoms. The maximum atomic E-state index is 14.0. The van der Waals surface area contributed by atoms with E-state index in [-0.39, 0.29) is 11.5 Å². The van der Waals surface area contributed by atoms with E-state index in [0.29, 0.717) is 28.9 Å². The van der Waals surface area contributed by atoms with Crippen molar-refractivity contribution in [3.05, 3.63) is 47.5 Å². The van der Waals surface area contributed by atoms with E-state index in [1.54, 1.807) is 12.3 Å². The number of rotatable bonds is 5. The summed E-state index contributed by atoms with van der Waals surface area (Å²) in [7, 11) is 0. The van der Waals surface area contributed by atoms with Gasteiger partial charge in [-0.05, 0) is 63.0 Å². The number of hydrogen-bond donors (Lipinski definition) is 3. The van der Waals surface area contributed by atoms with Gasteiger partial charge >= 0.3 is 6.18 Å². The van der Waals surface area contributed by atoms with Crippen molar-refractivity contribution in [2.45, 2.75) is 56.7 Å². The van der Waals surface area contributed by atoms with Crippen LogP contribution in [0.15, 0.2) is 30.5 Å². The summed E-state index contributed by atoms with van der Waals surface area (Å²) < 4.78 is 54.2. The van der Waals surface area contributed by atoms with Gasteiger partial charge in [-0.2, -0.15) is 18.3 Å². The Labute approximate surface area is 194 Å². The summed E-state index contributed by atoms with van der Waals surface area (Å²) in [5, 5.41) is 14.2. The number of anilines is 1. The summed E-state index contributed by atoms with van der Waals surface area (Å²) >= 11 is 0. The maximum absolute atomic E-state index is 14.0. The first-order valence-corrected chi connectivity index (χ1v) is 11.7. The predicted octanol–water partition coefficient (Wildman–Crippen LogP) is 5.51. The molecule has 34 heavy (non-hydrogen) atoms. The van der Waals surface area contributed by atoms with Crippen molar-refractivity contribution in [1.29, 1.82) is 0 Å². The number of hydrogen-bond acceptors (Lipinski definition) is 5. The lowest BCUT2D eigenvalue weighted by atomic mass is 9.89. The fraction of sp³-hybridized carbons (Fsp3) is 0.458. The molecule has 6 nitrogen and oxygen atoms in total. The number of nitrogens with one attached hydrogen (secondary N) is 3. The van der Waals surface area contributed by atoms with Crippen molar-refractivity contribution < 1.29 is 17.6 Å². The van der Waals surface area contributed by atoms with Gasteiger partial charge in [0.1, 0.15) is 11.5 Å². The van der Waals surface area contributed by atoms with Gasteiger partial charge in [-0.3, -0.25) is 5.10 Å². The number of halogens is 4. The molecule has 0 amide bonds. The summed E-state index contributed by atoms with van der Waals surface area (Å²) in [6, 6.07) is 5.05. The second-order valence-electron chi connectivity index (χ2n) is 8.97. The lowest BCUT2D eigenvalue weighted by molar-refractivity contribution is -0.139. The van der Waals surface area contributed by atoms with E-state index in [1.807, 2.05) is 0 Å². The van der Waals surface area contributed by atoms with E-state index in [4.69, 9.17) is 4.98 Å². The third kappa shape index (κ3) is 4.64. The molecule has 2 fully saturated rings.